The number of hydrogen-bond donors (Lipinski definition) is 1. The van der Waals surface area contributed by atoms with Gasteiger partial charge in [0.1, 0.15) is 5.75 Å². The third-order valence-corrected chi connectivity index (χ3v) is 5.94. The molecule has 0 radical (unpaired) electrons. The molecule has 1 heterocycles. The first-order chi connectivity index (χ1) is 15.8. The first-order valence-corrected chi connectivity index (χ1v) is 11.0. The lowest BCUT2D eigenvalue weighted by molar-refractivity contribution is -0.118. The van der Waals surface area contributed by atoms with Gasteiger partial charge in [-0.3, -0.25) is 14.2 Å². The number of amides is 1. The topological polar surface area (TPSA) is 73.2 Å². The van der Waals surface area contributed by atoms with Gasteiger partial charge in [0.2, 0.25) is 0 Å². The van der Waals surface area contributed by atoms with Gasteiger partial charge in [-0.2, -0.15) is 0 Å². The van der Waals surface area contributed by atoms with Crippen molar-refractivity contribution >= 4 is 45.7 Å². The number of para-hydroxylation sites is 1. The van der Waals surface area contributed by atoms with Crippen LogP contribution in [0.4, 0.5) is 5.69 Å². The van der Waals surface area contributed by atoms with E-state index in [1.54, 1.807) is 36.4 Å². The van der Waals surface area contributed by atoms with Gasteiger partial charge in [-0.25, -0.2) is 4.98 Å². The molecule has 168 valence electrons. The Hall–Kier alpha value is -3.35. The first kappa shape index (κ1) is 22.8. The maximum atomic E-state index is 13.0. The minimum absolute atomic E-state index is 0.141. The SMILES string of the molecule is Cc1cccc(C)c1OCC(=O)Nc1ccc2ncn(Cc3ccc(Cl)c(Cl)c3)c(=O)c2c1. The van der Waals surface area contributed by atoms with E-state index in [9.17, 15) is 9.59 Å². The minimum atomic E-state index is -0.322. The van der Waals surface area contributed by atoms with Crippen LogP contribution in [-0.4, -0.2) is 22.1 Å². The molecule has 0 saturated carbocycles. The van der Waals surface area contributed by atoms with Crippen molar-refractivity contribution in [3.05, 3.63) is 98.0 Å². The molecule has 0 atom stereocenters. The quantitative estimate of drug-likeness (QED) is 0.400. The van der Waals surface area contributed by atoms with Crippen LogP contribution in [0.3, 0.4) is 0 Å². The number of ether oxygens (including phenoxy) is 1. The number of nitrogens with zero attached hydrogens (tertiary/aromatic N) is 2. The molecule has 4 rings (SSSR count). The molecule has 0 unspecified atom stereocenters. The van der Waals surface area contributed by atoms with Crippen LogP contribution in [0.15, 0.2) is 65.7 Å². The summed E-state index contributed by atoms with van der Waals surface area (Å²) in [4.78, 5) is 29.8. The Kier molecular flexibility index (Phi) is 6.67. The predicted molar refractivity (Wildman–Crippen MR) is 132 cm³/mol. The number of carbonyl (C=O) groups excluding carboxylic acids is 1. The second kappa shape index (κ2) is 9.65. The van der Waals surface area contributed by atoms with Crippen LogP contribution < -0.4 is 15.6 Å². The van der Waals surface area contributed by atoms with Crippen LogP contribution in [0, 0.1) is 13.8 Å². The van der Waals surface area contributed by atoms with Crippen LogP contribution in [-0.2, 0) is 11.3 Å². The molecule has 0 spiro atoms. The Balaban J connectivity index is 1.52. The van der Waals surface area contributed by atoms with Gasteiger partial charge in [-0.05, 0) is 60.9 Å². The zero-order valence-corrected chi connectivity index (χ0v) is 19.6. The van der Waals surface area contributed by atoms with Crippen molar-refractivity contribution in [3.63, 3.8) is 0 Å². The maximum absolute atomic E-state index is 13.0. The molecular formula is C25H21Cl2N3O3. The highest BCUT2D eigenvalue weighted by atomic mass is 35.5. The van der Waals surface area contributed by atoms with Gasteiger partial charge in [0, 0.05) is 5.69 Å². The lowest BCUT2D eigenvalue weighted by Gasteiger charge is -2.12. The number of benzene rings is 3. The van der Waals surface area contributed by atoms with E-state index in [-0.39, 0.29) is 18.1 Å². The number of carbonyl (C=O) groups is 1. The van der Waals surface area contributed by atoms with E-state index in [1.807, 2.05) is 32.0 Å². The number of fused-ring (bicyclic) bond motifs is 1. The van der Waals surface area contributed by atoms with Crippen molar-refractivity contribution in [1.82, 2.24) is 9.55 Å². The molecule has 0 saturated heterocycles. The van der Waals surface area contributed by atoms with Gasteiger partial charge in [-0.1, -0.05) is 47.5 Å². The van der Waals surface area contributed by atoms with Gasteiger partial charge in [0.25, 0.3) is 11.5 Å². The fourth-order valence-electron chi connectivity index (χ4n) is 3.55. The zero-order chi connectivity index (χ0) is 23.5. The molecule has 6 nitrogen and oxygen atoms in total. The third kappa shape index (κ3) is 5.18. The van der Waals surface area contributed by atoms with Crippen molar-refractivity contribution in [2.75, 3.05) is 11.9 Å². The van der Waals surface area contributed by atoms with Gasteiger partial charge in [-0.15, -0.1) is 0 Å². The van der Waals surface area contributed by atoms with E-state index in [0.29, 0.717) is 38.9 Å². The lowest BCUT2D eigenvalue weighted by Crippen LogP contribution is -2.22. The summed E-state index contributed by atoms with van der Waals surface area (Å²) in [5.74, 6) is 0.373. The number of halogens is 2. The number of aromatic nitrogens is 2. The Bertz CT molecular complexity index is 1400. The van der Waals surface area contributed by atoms with Gasteiger partial charge in [0.15, 0.2) is 6.61 Å². The molecule has 1 aromatic heterocycles. The second-order valence-corrected chi connectivity index (χ2v) is 8.53. The summed E-state index contributed by atoms with van der Waals surface area (Å²) in [6.45, 7) is 4.01. The highest BCUT2D eigenvalue weighted by Gasteiger charge is 2.11. The summed E-state index contributed by atoms with van der Waals surface area (Å²) in [5.41, 5.74) is 3.54. The normalized spacial score (nSPS) is 10.9. The fraction of sp³-hybridized carbons (Fsp3) is 0.160. The van der Waals surface area contributed by atoms with Crippen molar-refractivity contribution in [1.29, 1.82) is 0 Å². The van der Waals surface area contributed by atoms with E-state index < -0.39 is 0 Å². The average Bonchev–Trinajstić information content (AvgIpc) is 2.78. The Morgan fingerprint density at radius 3 is 2.52 bits per heavy atom. The fourth-order valence-corrected chi connectivity index (χ4v) is 3.87. The Morgan fingerprint density at radius 1 is 1.03 bits per heavy atom. The largest absolute Gasteiger partial charge is 0.483 e. The second-order valence-electron chi connectivity index (χ2n) is 7.72. The summed E-state index contributed by atoms with van der Waals surface area (Å²) in [7, 11) is 0. The van der Waals surface area contributed by atoms with E-state index in [1.165, 1.54) is 10.9 Å². The van der Waals surface area contributed by atoms with Crippen LogP contribution in [0.1, 0.15) is 16.7 Å². The van der Waals surface area contributed by atoms with Crippen molar-refractivity contribution in [3.8, 4) is 5.75 Å². The number of hydrogen-bond acceptors (Lipinski definition) is 4. The lowest BCUT2D eigenvalue weighted by atomic mass is 10.1. The highest BCUT2D eigenvalue weighted by Crippen LogP contribution is 2.24. The molecule has 0 aliphatic carbocycles. The molecule has 0 aliphatic rings. The molecule has 3 aromatic carbocycles. The molecule has 8 heteroatoms. The van der Waals surface area contributed by atoms with E-state index in [4.69, 9.17) is 27.9 Å². The van der Waals surface area contributed by atoms with Crippen LogP contribution in [0.2, 0.25) is 10.0 Å². The molecule has 4 aromatic rings. The van der Waals surface area contributed by atoms with Crippen molar-refractivity contribution < 1.29 is 9.53 Å². The van der Waals surface area contributed by atoms with Crippen molar-refractivity contribution in [2.24, 2.45) is 0 Å². The molecule has 0 aliphatic heterocycles. The summed E-state index contributed by atoms with van der Waals surface area (Å²) in [6.07, 6.45) is 1.49. The summed E-state index contributed by atoms with van der Waals surface area (Å²) >= 11 is 12.0. The molecule has 1 amide bonds. The standard InChI is InChI=1S/C25H21Cl2N3O3/c1-15-4-3-5-16(2)24(15)33-13-23(31)29-18-7-9-22-19(11-18)25(32)30(14-28-22)12-17-6-8-20(26)21(27)10-17/h3-11,14H,12-13H2,1-2H3,(H,29,31). The van der Waals surface area contributed by atoms with Crippen molar-refractivity contribution in [2.45, 2.75) is 20.4 Å². The maximum Gasteiger partial charge on any atom is 0.262 e. The van der Waals surface area contributed by atoms with Gasteiger partial charge in [0.05, 0.1) is 33.8 Å². The molecular weight excluding hydrogens is 461 g/mol. The van der Waals surface area contributed by atoms with E-state index in [0.717, 1.165) is 16.7 Å². The van der Waals surface area contributed by atoms with Crippen LogP contribution in [0.25, 0.3) is 10.9 Å². The zero-order valence-electron chi connectivity index (χ0n) is 18.1. The highest BCUT2D eigenvalue weighted by molar-refractivity contribution is 6.42. The molecule has 0 bridgehead atoms. The van der Waals surface area contributed by atoms with Gasteiger partial charge >= 0.3 is 0 Å². The predicted octanol–water partition coefficient (Wildman–Crippen LogP) is 5.39. The summed E-state index contributed by atoms with van der Waals surface area (Å²) < 4.78 is 7.19. The Morgan fingerprint density at radius 2 is 1.79 bits per heavy atom. The smallest absolute Gasteiger partial charge is 0.262 e. The average molecular weight is 482 g/mol. The number of nitrogens with one attached hydrogen (secondary N) is 1. The third-order valence-electron chi connectivity index (χ3n) is 5.20. The monoisotopic (exact) mass is 481 g/mol. The number of rotatable bonds is 6. The van der Waals surface area contributed by atoms with E-state index >= 15 is 0 Å². The van der Waals surface area contributed by atoms with Crippen LogP contribution >= 0.6 is 23.2 Å². The number of aryl methyl sites for hydroxylation is 2. The van der Waals surface area contributed by atoms with E-state index in [2.05, 4.69) is 10.3 Å². The molecule has 1 N–H and O–H groups in total. The summed E-state index contributed by atoms with van der Waals surface area (Å²) in [6, 6.07) is 16.0. The van der Waals surface area contributed by atoms with Crippen LogP contribution in [0.5, 0.6) is 5.75 Å². The molecule has 33 heavy (non-hydrogen) atoms. The molecule has 0 fully saturated rings. The number of anilines is 1. The first-order valence-electron chi connectivity index (χ1n) is 10.2. The summed E-state index contributed by atoms with van der Waals surface area (Å²) in [5, 5.41) is 4.05. The minimum Gasteiger partial charge on any atom is -0.483 e. The Labute approximate surface area is 200 Å². The van der Waals surface area contributed by atoms with Gasteiger partial charge < -0.3 is 10.1 Å².